The summed E-state index contributed by atoms with van der Waals surface area (Å²) in [6, 6.07) is 20.5. The Hall–Kier alpha value is -4.13. The number of carboxylic acid groups (broad SMARTS) is 1. The van der Waals surface area contributed by atoms with Gasteiger partial charge in [-0.3, -0.25) is 10.1 Å². The molecular formula is C28H26N2O5. The Kier molecular flexibility index (Phi) is 5.99. The fraction of sp³-hybridized carbons (Fsp3) is 0.250. The number of fused-ring (bicyclic) bond motifs is 3. The topological polar surface area (TPSA) is 95.9 Å². The van der Waals surface area contributed by atoms with Crippen molar-refractivity contribution in [3.05, 3.63) is 89.0 Å². The van der Waals surface area contributed by atoms with Crippen LogP contribution in [0.5, 0.6) is 0 Å². The molecule has 7 heteroatoms. The van der Waals surface area contributed by atoms with Gasteiger partial charge in [0.1, 0.15) is 12.6 Å². The van der Waals surface area contributed by atoms with Crippen molar-refractivity contribution in [2.24, 2.45) is 0 Å². The summed E-state index contributed by atoms with van der Waals surface area (Å²) in [7, 11) is 0. The van der Waals surface area contributed by atoms with Gasteiger partial charge in [-0.1, -0.05) is 54.6 Å². The summed E-state index contributed by atoms with van der Waals surface area (Å²) >= 11 is 0. The number of anilines is 1. The van der Waals surface area contributed by atoms with Crippen LogP contribution in [0.3, 0.4) is 0 Å². The molecule has 1 heterocycles. The summed E-state index contributed by atoms with van der Waals surface area (Å²) in [6.07, 6.45) is 0.487. The van der Waals surface area contributed by atoms with E-state index in [4.69, 9.17) is 4.74 Å². The first kappa shape index (κ1) is 22.7. The van der Waals surface area contributed by atoms with Gasteiger partial charge in [-0.15, -0.1) is 0 Å². The van der Waals surface area contributed by atoms with Crippen molar-refractivity contribution < 1.29 is 24.2 Å². The van der Waals surface area contributed by atoms with Crippen LogP contribution < -0.4 is 5.32 Å². The first-order valence-corrected chi connectivity index (χ1v) is 11.7. The standard InChI is InChI=1S/C28H26N2O5/c1-17-18(26(31)30-15-7-14-25(30)27(32)33)12-6-13-24(17)29-28(34)35-16-23-21-10-4-2-8-19(21)20-9-3-5-11-22(20)23/h2-6,8-13,23,25H,7,14-16H2,1H3,(H,29,34)(H,32,33). The molecule has 1 aliphatic carbocycles. The highest BCUT2D eigenvalue weighted by Crippen LogP contribution is 2.44. The SMILES string of the molecule is Cc1c(NC(=O)OCC2c3ccccc3-c3ccccc32)cccc1C(=O)N1CCCC1C(=O)O. The lowest BCUT2D eigenvalue weighted by molar-refractivity contribution is -0.141. The second kappa shape index (κ2) is 9.25. The van der Waals surface area contributed by atoms with Crippen LogP contribution in [-0.4, -0.2) is 47.2 Å². The zero-order valence-electron chi connectivity index (χ0n) is 19.4. The van der Waals surface area contributed by atoms with Crippen molar-refractivity contribution >= 4 is 23.7 Å². The van der Waals surface area contributed by atoms with E-state index in [2.05, 4.69) is 29.6 Å². The van der Waals surface area contributed by atoms with E-state index in [1.165, 1.54) is 4.90 Å². The van der Waals surface area contributed by atoms with Crippen LogP contribution in [0.15, 0.2) is 66.7 Å². The highest BCUT2D eigenvalue weighted by atomic mass is 16.5. The van der Waals surface area contributed by atoms with Gasteiger partial charge in [-0.2, -0.15) is 0 Å². The van der Waals surface area contributed by atoms with Crippen LogP contribution in [0.4, 0.5) is 10.5 Å². The Morgan fingerprint density at radius 3 is 2.29 bits per heavy atom. The molecule has 2 aliphatic rings. The molecule has 1 fully saturated rings. The van der Waals surface area contributed by atoms with Gasteiger partial charge in [0.05, 0.1) is 0 Å². The molecule has 7 nitrogen and oxygen atoms in total. The number of benzene rings is 3. The molecule has 1 unspecified atom stereocenters. The zero-order chi connectivity index (χ0) is 24.5. The summed E-state index contributed by atoms with van der Waals surface area (Å²) in [4.78, 5) is 38.7. The molecule has 5 rings (SSSR count). The third-order valence-corrected chi connectivity index (χ3v) is 6.94. The average Bonchev–Trinajstić information content (AvgIpc) is 3.47. The number of nitrogens with one attached hydrogen (secondary N) is 1. The molecule has 1 saturated heterocycles. The number of carbonyl (C=O) groups excluding carboxylic acids is 2. The highest BCUT2D eigenvalue weighted by molar-refractivity contribution is 6.00. The largest absolute Gasteiger partial charge is 0.480 e. The summed E-state index contributed by atoms with van der Waals surface area (Å²) in [5, 5.41) is 12.2. The van der Waals surface area contributed by atoms with Crippen molar-refractivity contribution in [1.82, 2.24) is 4.90 Å². The van der Waals surface area contributed by atoms with E-state index in [-0.39, 0.29) is 18.4 Å². The van der Waals surface area contributed by atoms with E-state index in [1.807, 2.05) is 24.3 Å². The minimum absolute atomic E-state index is 0.0507. The van der Waals surface area contributed by atoms with Crippen LogP contribution in [0.25, 0.3) is 11.1 Å². The van der Waals surface area contributed by atoms with Crippen molar-refractivity contribution in [3.63, 3.8) is 0 Å². The Labute approximate surface area is 203 Å². The summed E-state index contributed by atoms with van der Waals surface area (Å²) in [5.74, 6) is -1.39. The lowest BCUT2D eigenvalue weighted by Crippen LogP contribution is -2.40. The van der Waals surface area contributed by atoms with Gasteiger partial charge in [0.25, 0.3) is 5.91 Å². The van der Waals surface area contributed by atoms with Gasteiger partial charge in [-0.25, -0.2) is 9.59 Å². The Morgan fingerprint density at radius 2 is 1.63 bits per heavy atom. The molecule has 2 amide bonds. The van der Waals surface area contributed by atoms with Gasteiger partial charge in [0.2, 0.25) is 0 Å². The van der Waals surface area contributed by atoms with Crippen LogP contribution in [0.2, 0.25) is 0 Å². The quantitative estimate of drug-likeness (QED) is 0.544. The summed E-state index contributed by atoms with van der Waals surface area (Å²) in [5.41, 5.74) is 5.96. The molecule has 0 radical (unpaired) electrons. The van der Waals surface area contributed by atoms with Crippen molar-refractivity contribution in [2.75, 3.05) is 18.5 Å². The molecule has 3 aromatic rings. The number of ether oxygens (including phenoxy) is 1. The lowest BCUT2D eigenvalue weighted by atomic mass is 9.98. The maximum Gasteiger partial charge on any atom is 0.411 e. The minimum Gasteiger partial charge on any atom is -0.480 e. The van der Waals surface area contributed by atoms with Gasteiger partial charge in [-0.05, 0) is 59.7 Å². The first-order chi connectivity index (χ1) is 17.0. The normalized spacial score (nSPS) is 16.5. The number of nitrogens with zero attached hydrogens (tertiary/aromatic N) is 1. The summed E-state index contributed by atoms with van der Waals surface area (Å²) < 4.78 is 5.62. The maximum absolute atomic E-state index is 13.1. The number of carboxylic acids is 1. The highest BCUT2D eigenvalue weighted by Gasteiger charge is 2.35. The minimum atomic E-state index is -0.999. The summed E-state index contributed by atoms with van der Waals surface area (Å²) in [6.45, 7) is 2.32. The molecule has 0 saturated carbocycles. The molecule has 1 atom stereocenters. The number of carbonyl (C=O) groups is 3. The molecule has 35 heavy (non-hydrogen) atoms. The third-order valence-electron chi connectivity index (χ3n) is 6.94. The molecule has 3 aromatic carbocycles. The molecule has 0 aromatic heterocycles. The van der Waals surface area contributed by atoms with Crippen LogP contribution in [-0.2, 0) is 9.53 Å². The molecule has 2 N–H and O–H groups in total. The van der Waals surface area contributed by atoms with E-state index in [1.54, 1.807) is 25.1 Å². The second-order valence-electron chi connectivity index (χ2n) is 8.92. The molecule has 0 spiro atoms. The first-order valence-electron chi connectivity index (χ1n) is 11.7. The Bertz CT molecular complexity index is 1270. The van der Waals surface area contributed by atoms with Crippen LogP contribution in [0.1, 0.15) is 45.8 Å². The van der Waals surface area contributed by atoms with Crippen molar-refractivity contribution in [3.8, 4) is 11.1 Å². The number of likely N-dealkylation sites (tertiary alicyclic amines) is 1. The molecule has 1 aliphatic heterocycles. The van der Waals surface area contributed by atoms with Gasteiger partial charge >= 0.3 is 12.1 Å². The van der Waals surface area contributed by atoms with Gasteiger partial charge < -0.3 is 14.7 Å². The van der Waals surface area contributed by atoms with E-state index >= 15 is 0 Å². The van der Waals surface area contributed by atoms with E-state index in [0.29, 0.717) is 36.2 Å². The second-order valence-corrected chi connectivity index (χ2v) is 8.92. The Morgan fingerprint density at radius 1 is 0.971 bits per heavy atom. The fourth-order valence-electron chi connectivity index (χ4n) is 5.17. The van der Waals surface area contributed by atoms with Crippen LogP contribution in [0, 0.1) is 6.92 Å². The smallest absolute Gasteiger partial charge is 0.411 e. The average molecular weight is 471 g/mol. The maximum atomic E-state index is 13.1. The predicted octanol–water partition coefficient (Wildman–Crippen LogP) is 5.05. The fourth-order valence-corrected chi connectivity index (χ4v) is 5.17. The van der Waals surface area contributed by atoms with Gasteiger partial charge in [0, 0.05) is 23.7 Å². The van der Waals surface area contributed by atoms with E-state index < -0.39 is 18.1 Å². The van der Waals surface area contributed by atoms with Crippen molar-refractivity contribution in [1.29, 1.82) is 0 Å². The molecule has 178 valence electrons. The van der Waals surface area contributed by atoms with Crippen molar-refractivity contribution in [2.45, 2.75) is 31.7 Å². The molecular weight excluding hydrogens is 444 g/mol. The van der Waals surface area contributed by atoms with Gasteiger partial charge in [0.15, 0.2) is 0 Å². The predicted molar refractivity (Wildman–Crippen MR) is 132 cm³/mol. The number of hydrogen-bond acceptors (Lipinski definition) is 4. The lowest BCUT2D eigenvalue weighted by Gasteiger charge is -2.23. The molecule has 0 bridgehead atoms. The number of rotatable bonds is 5. The number of aliphatic carboxylic acids is 1. The number of hydrogen-bond donors (Lipinski definition) is 2. The van der Waals surface area contributed by atoms with E-state index in [9.17, 15) is 19.5 Å². The third kappa shape index (κ3) is 4.14. The monoisotopic (exact) mass is 470 g/mol. The van der Waals surface area contributed by atoms with E-state index in [0.717, 1.165) is 22.3 Å². The number of amides is 2. The Balaban J connectivity index is 1.29. The zero-order valence-corrected chi connectivity index (χ0v) is 19.4. The van der Waals surface area contributed by atoms with Crippen LogP contribution >= 0.6 is 0 Å².